The van der Waals surface area contributed by atoms with Crippen LogP contribution >= 0.6 is 0 Å². The van der Waals surface area contributed by atoms with Crippen LogP contribution in [0.5, 0.6) is 0 Å². The van der Waals surface area contributed by atoms with Gasteiger partial charge < -0.3 is 14.8 Å². The van der Waals surface area contributed by atoms with E-state index in [4.69, 9.17) is 0 Å². The molecule has 0 radical (unpaired) electrons. The Bertz CT molecular complexity index is 1070. The fourth-order valence-corrected chi connectivity index (χ4v) is 6.26. The minimum absolute atomic E-state index is 0.0238. The highest BCUT2D eigenvalue weighted by molar-refractivity contribution is 7.90. The number of aromatic nitrogens is 2. The molecular formula is C26H40N4O3S. The van der Waals surface area contributed by atoms with Crippen LogP contribution in [0.15, 0.2) is 35.6 Å². The maximum atomic E-state index is 13.6. The molecule has 34 heavy (non-hydrogen) atoms. The van der Waals surface area contributed by atoms with Crippen molar-refractivity contribution in [3.8, 4) is 0 Å². The fourth-order valence-electron chi connectivity index (χ4n) is 4.73. The molecule has 0 spiro atoms. The number of urea groups is 1. The number of carbonyl (C=O) groups excluding carboxylic acids is 1. The molecule has 0 atom stereocenters. The predicted molar refractivity (Wildman–Crippen MR) is 135 cm³/mol. The Morgan fingerprint density at radius 1 is 1.18 bits per heavy atom. The Morgan fingerprint density at radius 2 is 1.88 bits per heavy atom. The van der Waals surface area contributed by atoms with Gasteiger partial charge in [-0.25, -0.2) is 18.2 Å². The van der Waals surface area contributed by atoms with Crippen LogP contribution in [-0.2, 0) is 22.1 Å². The molecule has 1 aromatic heterocycles. The van der Waals surface area contributed by atoms with Crippen LogP contribution in [0.25, 0.3) is 0 Å². The fraction of sp³-hybridized carbons (Fsp3) is 0.615. The molecule has 3 rings (SSSR count). The highest BCUT2D eigenvalue weighted by Crippen LogP contribution is 2.33. The van der Waals surface area contributed by atoms with E-state index in [0.717, 1.165) is 42.5 Å². The molecule has 2 amide bonds. The molecular weight excluding hydrogens is 448 g/mol. The first-order valence-corrected chi connectivity index (χ1v) is 14.1. The highest BCUT2D eigenvalue weighted by atomic mass is 32.2. The van der Waals surface area contributed by atoms with Crippen LogP contribution in [0.3, 0.4) is 0 Å². The van der Waals surface area contributed by atoms with Crippen molar-refractivity contribution in [3.63, 3.8) is 0 Å². The number of carbonyl (C=O) groups is 1. The van der Waals surface area contributed by atoms with E-state index in [0.29, 0.717) is 13.1 Å². The zero-order valence-electron chi connectivity index (χ0n) is 21.3. The lowest BCUT2D eigenvalue weighted by atomic mass is 9.95. The molecule has 1 N–H and O–H groups in total. The van der Waals surface area contributed by atoms with Crippen molar-refractivity contribution >= 4 is 15.9 Å². The average molecular weight is 489 g/mol. The van der Waals surface area contributed by atoms with Crippen molar-refractivity contribution < 1.29 is 13.2 Å². The van der Waals surface area contributed by atoms with Gasteiger partial charge >= 0.3 is 6.03 Å². The van der Waals surface area contributed by atoms with Gasteiger partial charge in [0.2, 0.25) is 15.0 Å². The van der Waals surface area contributed by atoms with Crippen LogP contribution in [0, 0.1) is 12.8 Å². The lowest BCUT2D eigenvalue weighted by Gasteiger charge is -2.30. The maximum absolute atomic E-state index is 13.6. The van der Waals surface area contributed by atoms with E-state index < -0.39 is 9.84 Å². The largest absolute Gasteiger partial charge is 0.336 e. The first-order chi connectivity index (χ1) is 16.1. The van der Waals surface area contributed by atoms with Crippen LogP contribution in [-0.4, -0.2) is 41.5 Å². The molecule has 0 aliphatic heterocycles. The van der Waals surface area contributed by atoms with Crippen molar-refractivity contribution in [2.24, 2.45) is 5.92 Å². The second-order valence-electron chi connectivity index (χ2n) is 10.3. The topological polar surface area (TPSA) is 84.3 Å². The summed E-state index contributed by atoms with van der Waals surface area (Å²) in [6.45, 7) is 10.9. The first-order valence-electron chi connectivity index (χ1n) is 12.5. The summed E-state index contributed by atoms with van der Waals surface area (Å²) in [4.78, 5) is 19.2. The molecule has 0 unspecified atom stereocenters. The Morgan fingerprint density at radius 3 is 2.50 bits per heavy atom. The number of hydrogen-bond acceptors (Lipinski definition) is 4. The average Bonchev–Trinajstić information content (AvgIpc) is 3.17. The van der Waals surface area contributed by atoms with Crippen molar-refractivity contribution in [1.29, 1.82) is 0 Å². The third kappa shape index (κ3) is 6.84. The van der Waals surface area contributed by atoms with Crippen LogP contribution in [0.1, 0.15) is 82.7 Å². The molecule has 1 heterocycles. The summed E-state index contributed by atoms with van der Waals surface area (Å²) in [6.07, 6.45) is 6.83. The molecule has 0 bridgehead atoms. The van der Waals surface area contributed by atoms with Crippen molar-refractivity contribution in [2.75, 3.05) is 6.54 Å². The smallest absolute Gasteiger partial charge is 0.317 e. The normalized spacial score (nSPS) is 15.1. The monoisotopic (exact) mass is 488 g/mol. The van der Waals surface area contributed by atoms with E-state index in [2.05, 4.69) is 24.1 Å². The van der Waals surface area contributed by atoms with E-state index >= 15 is 0 Å². The van der Waals surface area contributed by atoms with Crippen LogP contribution < -0.4 is 5.32 Å². The van der Waals surface area contributed by atoms with Crippen molar-refractivity contribution in [3.05, 3.63) is 47.3 Å². The molecule has 1 aliphatic carbocycles. The third-order valence-electron chi connectivity index (χ3n) is 6.13. The summed E-state index contributed by atoms with van der Waals surface area (Å²) < 4.78 is 29.0. The molecule has 1 fully saturated rings. The number of benzene rings is 1. The van der Waals surface area contributed by atoms with Crippen LogP contribution in [0.4, 0.5) is 4.79 Å². The van der Waals surface area contributed by atoms with Crippen molar-refractivity contribution in [2.45, 2.75) is 96.3 Å². The molecule has 2 aromatic rings. The molecule has 1 saturated carbocycles. The number of sulfone groups is 1. The second kappa shape index (κ2) is 11.4. The van der Waals surface area contributed by atoms with Gasteiger partial charge in [-0.2, -0.15) is 0 Å². The quantitative estimate of drug-likeness (QED) is 0.523. The van der Waals surface area contributed by atoms with Gasteiger partial charge in [0, 0.05) is 18.6 Å². The Labute approximate surface area is 204 Å². The Balaban J connectivity index is 1.98. The predicted octanol–water partition coefficient (Wildman–Crippen LogP) is 5.25. The first kappa shape index (κ1) is 26.3. The van der Waals surface area contributed by atoms with Crippen molar-refractivity contribution in [1.82, 2.24) is 19.8 Å². The molecule has 0 saturated heterocycles. The van der Waals surface area contributed by atoms with Crippen LogP contribution in [0.2, 0.25) is 0 Å². The summed E-state index contributed by atoms with van der Waals surface area (Å²) in [7, 11) is -3.65. The van der Waals surface area contributed by atoms with E-state index in [-0.39, 0.29) is 34.9 Å². The zero-order valence-corrected chi connectivity index (χ0v) is 22.1. The summed E-state index contributed by atoms with van der Waals surface area (Å²) in [5.41, 5.74) is 2.58. The Kier molecular flexibility index (Phi) is 8.79. The number of imidazole rings is 1. The van der Waals surface area contributed by atoms with E-state index in [1.165, 1.54) is 6.42 Å². The lowest BCUT2D eigenvalue weighted by Crippen LogP contribution is -2.44. The maximum Gasteiger partial charge on any atom is 0.317 e. The second-order valence-corrected chi connectivity index (χ2v) is 12.2. The Hall–Kier alpha value is -2.35. The van der Waals surface area contributed by atoms with Gasteiger partial charge in [0.1, 0.15) is 0 Å². The zero-order chi connectivity index (χ0) is 24.9. The van der Waals surface area contributed by atoms with E-state index in [1.54, 1.807) is 11.1 Å². The van der Waals surface area contributed by atoms with E-state index in [1.807, 2.05) is 49.6 Å². The minimum Gasteiger partial charge on any atom is -0.336 e. The van der Waals surface area contributed by atoms with Gasteiger partial charge in [0.15, 0.2) is 0 Å². The summed E-state index contributed by atoms with van der Waals surface area (Å²) in [5, 5.41) is 3.11. The van der Waals surface area contributed by atoms with Gasteiger partial charge in [0.25, 0.3) is 0 Å². The number of amides is 2. The minimum atomic E-state index is -3.65. The van der Waals surface area contributed by atoms with Gasteiger partial charge in [-0.1, -0.05) is 62.9 Å². The summed E-state index contributed by atoms with van der Waals surface area (Å²) in [6, 6.07) is 7.58. The third-order valence-corrected chi connectivity index (χ3v) is 7.71. The van der Waals surface area contributed by atoms with Gasteiger partial charge in [0.05, 0.1) is 24.2 Å². The lowest BCUT2D eigenvalue weighted by molar-refractivity contribution is 0.182. The standard InChI is InChI=1S/C26H40N4O3S/c1-19(2)16-29(25(31)28-20(3)4)17-24-15-27-26(30(24)23-12-7-6-8-13-23)34(32,33)18-22-11-9-10-21(5)14-22/h9-11,14-15,19-20,23H,6-8,12-13,16-18H2,1-5H3,(H,28,31). The highest BCUT2D eigenvalue weighted by Gasteiger charge is 2.30. The summed E-state index contributed by atoms with van der Waals surface area (Å²) >= 11 is 0. The molecule has 7 nitrogen and oxygen atoms in total. The SMILES string of the molecule is Cc1cccc(CS(=O)(=O)c2ncc(CN(CC(C)C)C(=O)NC(C)C)n2C2CCCCC2)c1. The molecule has 8 heteroatoms. The summed E-state index contributed by atoms with van der Waals surface area (Å²) in [5.74, 6) is 0.204. The van der Waals surface area contributed by atoms with Gasteiger partial charge in [-0.15, -0.1) is 0 Å². The molecule has 188 valence electrons. The number of nitrogens with zero attached hydrogens (tertiary/aromatic N) is 3. The number of nitrogens with one attached hydrogen (secondary N) is 1. The molecule has 1 aliphatic rings. The van der Waals surface area contributed by atoms with E-state index in [9.17, 15) is 13.2 Å². The number of hydrogen-bond donors (Lipinski definition) is 1. The van der Waals surface area contributed by atoms with Gasteiger partial charge in [-0.3, -0.25) is 0 Å². The molecule has 1 aromatic carbocycles. The van der Waals surface area contributed by atoms with Gasteiger partial charge in [-0.05, 0) is 45.1 Å². The number of rotatable bonds is 9. The number of aryl methyl sites for hydroxylation is 1.